The first kappa shape index (κ1) is 23.6. The molecule has 5 rings (SSSR count). The molecule has 0 fully saturated rings. The third kappa shape index (κ3) is 4.58. The minimum Gasteiger partial charge on any atom is -0.359 e. The van der Waals surface area contributed by atoms with Crippen LogP contribution in [0.15, 0.2) is 58.2 Å². The van der Waals surface area contributed by atoms with Gasteiger partial charge in [-0.3, -0.25) is 5.01 Å². The second-order valence-corrected chi connectivity index (χ2v) is 8.27. The van der Waals surface area contributed by atoms with Crippen LogP contribution in [0.25, 0.3) is 22.6 Å². The molecule has 2 aromatic carbocycles. The summed E-state index contributed by atoms with van der Waals surface area (Å²) in [6, 6.07) is 10.4. The molecule has 1 aliphatic rings. The fourth-order valence-electron chi connectivity index (χ4n) is 3.95. The standard InChI is InChI=1S/C24H17F6N5O/c1-13-4-2-3-5-16(13)22-32-20-10-31-35(12-21(20)33-22)11-15-9-19(34-36-15)17-7-6-14(23(25,26)27)8-18(17)24(28,29)30/h2-10H,11-12H2,1H3,(H,32,33). The second-order valence-electron chi connectivity index (χ2n) is 8.27. The number of imidazole rings is 1. The van der Waals surface area contributed by atoms with Gasteiger partial charge in [-0.05, 0) is 24.6 Å². The monoisotopic (exact) mass is 505 g/mol. The lowest BCUT2D eigenvalue weighted by Crippen LogP contribution is -2.21. The van der Waals surface area contributed by atoms with Crippen LogP contribution in [0.2, 0.25) is 0 Å². The van der Waals surface area contributed by atoms with Crippen molar-refractivity contribution in [3.63, 3.8) is 0 Å². The van der Waals surface area contributed by atoms with Crippen LogP contribution in [-0.2, 0) is 25.4 Å². The Labute approximate surface area is 200 Å². The number of alkyl halides is 6. The molecule has 0 amide bonds. The number of fused-ring (bicyclic) bond motifs is 1. The van der Waals surface area contributed by atoms with Crippen molar-refractivity contribution >= 4 is 6.21 Å². The Balaban J connectivity index is 1.36. The largest absolute Gasteiger partial charge is 0.417 e. The number of nitrogens with zero attached hydrogens (tertiary/aromatic N) is 4. The van der Waals surface area contributed by atoms with Gasteiger partial charge in [-0.2, -0.15) is 31.4 Å². The molecule has 6 nitrogen and oxygen atoms in total. The Morgan fingerprint density at radius 3 is 2.47 bits per heavy atom. The van der Waals surface area contributed by atoms with Gasteiger partial charge in [0.2, 0.25) is 0 Å². The molecule has 0 radical (unpaired) electrons. The fourth-order valence-corrected chi connectivity index (χ4v) is 3.95. The van der Waals surface area contributed by atoms with Crippen molar-refractivity contribution in [1.29, 1.82) is 0 Å². The van der Waals surface area contributed by atoms with Gasteiger partial charge in [-0.25, -0.2) is 4.98 Å². The molecule has 0 atom stereocenters. The molecule has 3 heterocycles. The van der Waals surface area contributed by atoms with Crippen molar-refractivity contribution in [2.75, 3.05) is 0 Å². The molecule has 0 aliphatic carbocycles. The average molecular weight is 505 g/mol. The number of H-pyrrole nitrogens is 1. The van der Waals surface area contributed by atoms with Crippen LogP contribution in [0.3, 0.4) is 0 Å². The summed E-state index contributed by atoms with van der Waals surface area (Å²) in [5.41, 5.74) is -0.115. The lowest BCUT2D eigenvalue weighted by Gasteiger charge is -2.19. The van der Waals surface area contributed by atoms with Crippen LogP contribution in [0, 0.1) is 6.92 Å². The Kier molecular flexibility index (Phi) is 5.61. The van der Waals surface area contributed by atoms with Crippen molar-refractivity contribution in [2.45, 2.75) is 32.4 Å². The summed E-state index contributed by atoms with van der Waals surface area (Å²) in [6.45, 7) is 2.37. The smallest absolute Gasteiger partial charge is 0.359 e. The highest BCUT2D eigenvalue weighted by atomic mass is 19.4. The molecule has 2 aromatic heterocycles. The molecule has 12 heteroatoms. The summed E-state index contributed by atoms with van der Waals surface area (Å²) in [7, 11) is 0. The highest BCUT2D eigenvalue weighted by molar-refractivity contribution is 5.81. The van der Waals surface area contributed by atoms with E-state index in [9.17, 15) is 26.3 Å². The van der Waals surface area contributed by atoms with Gasteiger partial charge in [0.25, 0.3) is 0 Å². The summed E-state index contributed by atoms with van der Waals surface area (Å²) in [5.74, 6) is 0.882. The molecule has 186 valence electrons. The van der Waals surface area contributed by atoms with E-state index >= 15 is 0 Å². The summed E-state index contributed by atoms with van der Waals surface area (Å²) in [6.07, 6.45) is -8.37. The molecule has 0 saturated heterocycles. The topological polar surface area (TPSA) is 70.3 Å². The number of nitrogens with one attached hydrogen (secondary N) is 1. The van der Waals surface area contributed by atoms with E-state index in [-0.39, 0.29) is 24.1 Å². The lowest BCUT2D eigenvalue weighted by atomic mass is 10.0. The van der Waals surface area contributed by atoms with E-state index in [0.29, 0.717) is 24.1 Å². The molecule has 1 N–H and O–H groups in total. The maximum Gasteiger partial charge on any atom is 0.417 e. The van der Waals surface area contributed by atoms with E-state index in [4.69, 9.17) is 4.52 Å². The highest BCUT2D eigenvalue weighted by Gasteiger charge is 2.39. The van der Waals surface area contributed by atoms with Gasteiger partial charge in [0.1, 0.15) is 17.2 Å². The Morgan fingerprint density at radius 2 is 1.75 bits per heavy atom. The molecular weight excluding hydrogens is 488 g/mol. The second kappa shape index (κ2) is 8.54. The fraction of sp³-hybridized carbons (Fsp3) is 0.208. The Morgan fingerprint density at radius 1 is 0.972 bits per heavy atom. The molecule has 36 heavy (non-hydrogen) atoms. The van der Waals surface area contributed by atoms with Gasteiger partial charge >= 0.3 is 12.4 Å². The molecule has 0 saturated carbocycles. The average Bonchev–Trinajstić information content (AvgIpc) is 3.44. The number of aromatic nitrogens is 3. The Bertz CT molecular complexity index is 1450. The minimum atomic E-state index is -5.02. The molecule has 1 aliphatic heterocycles. The summed E-state index contributed by atoms with van der Waals surface area (Å²) in [5, 5.41) is 9.57. The quantitative estimate of drug-likeness (QED) is 0.325. The zero-order valence-corrected chi connectivity index (χ0v) is 18.6. The third-order valence-electron chi connectivity index (χ3n) is 5.72. The van der Waals surface area contributed by atoms with Gasteiger partial charge < -0.3 is 9.51 Å². The number of benzene rings is 2. The van der Waals surface area contributed by atoms with Crippen LogP contribution in [-0.4, -0.2) is 26.3 Å². The van der Waals surface area contributed by atoms with Crippen molar-refractivity contribution in [3.8, 4) is 22.6 Å². The van der Waals surface area contributed by atoms with Gasteiger partial charge in [-0.1, -0.05) is 35.5 Å². The zero-order chi connectivity index (χ0) is 25.7. The van der Waals surface area contributed by atoms with E-state index in [1.165, 1.54) is 6.07 Å². The maximum atomic E-state index is 13.5. The number of hydrogen-bond acceptors (Lipinski definition) is 5. The van der Waals surface area contributed by atoms with E-state index in [1.54, 1.807) is 11.2 Å². The molecule has 4 aromatic rings. The zero-order valence-electron chi connectivity index (χ0n) is 18.6. The van der Waals surface area contributed by atoms with E-state index < -0.39 is 29.0 Å². The van der Waals surface area contributed by atoms with Crippen molar-refractivity contribution in [1.82, 2.24) is 20.1 Å². The first-order valence-corrected chi connectivity index (χ1v) is 10.7. The summed E-state index contributed by atoms with van der Waals surface area (Å²) >= 11 is 0. The van der Waals surface area contributed by atoms with Gasteiger partial charge in [0.05, 0.1) is 36.1 Å². The normalized spacial score (nSPS) is 13.8. The van der Waals surface area contributed by atoms with E-state index in [0.717, 1.165) is 22.9 Å². The molecular formula is C24H17F6N5O. The van der Waals surface area contributed by atoms with E-state index in [2.05, 4.69) is 20.2 Å². The van der Waals surface area contributed by atoms with Crippen molar-refractivity contribution < 1.29 is 30.9 Å². The number of rotatable bonds is 4. The molecule has 0 unspecified atom stereocenters. The summed E-state index contributed by atoms with van der Waals surface area (Å²) in [4.78, 5) is 7.84. The van der Waals surface area contributed by atoms with Crippen LogP contribution in [0.4, 0.5) is 26.3 Å². The van der Waals surface area contributed by atoms with Crippen molar-refractivity contribution in [3.05, 3.63) is 82.4 Å². The first-order valence-electron chi connectivity index (χ1n) is 10.7. The summed E-state index contributed by atoms with van der Waals surface area (Å²) < 4.78 is 84.6. The predicted molar refractivity (Wildman–Crippen MR) is 118 cm³/mol. The predicted octanol–water partition coefficient (Wildman–Crippen LogP) is 6.43. The van der Waals surface area contributed by atoms with Gasteiger partial charge in [-0.15, -0.1) is 0 Å². The third-order valence-corrected chi connectivity index (χ3v) is 5.72. The Hall–Kier alpha value is -4.09. The minimum absolute atomic E-state index is 0.0731. The maximum absolute atomic E-state index is 13.5. The van der Waals surface area contributed by atoms with Crippen LogP contribution >= 0.6 is 0 Å². The molecule has 0 bridgehead atoms. The number of aromatic amines is 1. The molecule has 0 spiro atoms. The van der Waals surface area contributed by atoms with Crippen LogP contribution in [0.5, 0.6) is 0 Å². The lowest BCUT2D eigenvalue weighted by molar-refractivity contribution is -0.142. The van der Waals surface area contributed by atoms with Crippen LogP contribution in [0.1, 0.15) is 33.8 Å². The number of hydrazone groups is 1. The SMILES string of the molecule is Cc1ccccc1-c1nc2c([nH]1)CN(Cc1cc(-c3ccc(C(F)(F)F)cc3C(F)(F)F)no1)N=C2. The van der Waals surface area contributed by atoms with E-state index in [1.807, 2.05) is 31.2 Å². The van der Waals surface area contributed by atoms with Gasteiger partial charge in [0, 0.05) is 17.2 Å². The number of aryl methyl sites for hydroxylation is 1. The van der Waals surface area contributed by atoms with Gasteiger partial charge in [0.15, 0.2) is 5.76 Å². The van der Waals surface area contributed by atoms with Crippen molar-refractivity contribution in [2.24, 2.45) is 5.10 Å². The number of halogens is 6. The highest BCUT2D eigenvalue weighted by Crippen LogP contribution is 2.40. The van der Waals surface area contributed by atoms with Crippen LogP contribution < -0.4 is 0 Å². The number of hydrogen-bond donors (Lipinski definition) is 1. The first-order chi connectivity index (χ1) is 17.0.